The molecule has 1 unspecified atom stereocenters. The molecule has 33 heavy (non-hydrogen) atoms. The van der Waals surface area contributed by atoms with Gasteiger partial charge in [-0.25, -0.2) is 4.98 Å². The third-order valence-electron chi connectivity index (χ3n) is 6.68. The van der Waals surface area contributed by atoms with Gasteiger partial charge in [-0.3, -0.25) is 14.6 Å². The molecule has 2 heterocycles. The van der Waals surface area contributed by atoms with Crippen molar-refractivity contribution in [2.24, 2.45) is 5.92 Å². The normalized spacial score (nSPS) is 20.4. The summed E-state index contributed by atoms with van der Waals surface area (Å²) in [7, 11) is 0. The van der Waals surface area contributed by atoms with Crippen LogP contribution in [-0.2, 0) is 11.2 Å². The van der Waals surface area contributed by atoms with Crippen LogP contribution in [0.15, 0.2) is 48.5 Å². The van der Waals surface area contributed by atoms with Gasteiger partial charge in [-0.1, -0.05) is 31.4 Å². The van der Waals surface area contributed by atoms with E-state index in [9.17, 15) is 9.59 Å². The number of carbonyl (C=O) groups is 2. The second-order valence-corrected chi connectivity index (χ2v) is 9.03. The van der Waals surface area contributed by atoms with Crippen LogP contribution in [0.2, 0.25) is 0 Å². The first-order valence-electron chi connectivity index (χ1n) is 11.8. The van der Waals surface area contributed by atoms with Crippen molar-refractivity contribution in [2.45, 2.75) is 57.4 Å². The van der Waals surface area contributed by atoms with E-state index in [2.05, 4.69) is 20.6 Å². The van der Waals surface area contributed by atoms with Crippen LogP contribution in [0.1, 0.15) is 72.5 Å². The van der Waals surface area contributed by atoms with E-state index in [-0.39, 0.29) is 17.7 Å². The number of allylic oxidation sites excluding steroid dienone is 4. The van der Waals surface area contributed by atoms with Crippen molar-refractivity contribution in [1.29, 1.82) is 0 Å². The Labute approximate surface area is 193 Å². The maximum Gasteiger partial charge on any atom is 0.255 e. The van der Waals surface area contributed by atoms with Crippen LogP contribution in [-0.4, -0.2) is 32.8 Å². The molecule has 7 heteroatoms. The summed E-state index contributed by atoms with van der Waals surface area (Å²) in [5, 5.41) is 6.21. The van der Waals surface area contributed by atoms with Crippen LogP contribution in [0.5, 0.6) is 0 Å². The minimum atomic E-state index is -0.161. The summed E-state index contributed by atoms with van der Waals surface area (Å²) in [6.07, 6.45) is 19.1. The number of hydrogen-bond donors (Lipinski definition) is 3. The van der Waals surface area contributed by atoms with Crippen molar-refractivity contribution in [3.8, 4) is 0 Å². The van der Waals surface area contributed by atoms with Gasteiger partial charge < -0.3 is 15.6 Å². The fraction of sp³-hybridized carbons (Fsp3) is 0.385. The molecule has 3 aliphatic rings. The molecule has 1 atom stereocenters. The molecule has 1 saturated carbocycles. The molecule has 3 aliphatic carbocycles. The number of pyridine rings is 1. The van der Waals surface area contributed by atoms with Crippen molar-refractivity contribution < 1.29 is 9.59 Å². The Bertz CT molecular complexity index is 1120. The van der Waals surface area contributed by atoms with Crippen molar-refractivity contribution in [3.63, 3.8) is 0 Å². The molecule has 170 valence electrons. The van der Waals surface area contributed by atoms with E-state index in [1.807, 2.05) is 24.3 Å². The summed E-state index contributed by atoms with van der Waals surface area (Å²) in [4.78, 5) is 37.3. The Morgan fingerprint density at radius 1 is 1.03 bits per heavy atom. The molecule has 0 saturated heterocycles. The number of imidazole rings is 1. The second kappa shape index (κ2) is 9.57. The van der Waals surface area contributed by atoms with Crippen molar-refractivity contribution in [3.05, 3.63) is 71.2 Å². The van der Waals surface area contributed by atoms with Gasteiger partial charge in [-0.2, -0.15) is 0 Å². The van der Waals surface area contributed by atoms with Gasteiger partial charge in [0.2, 0.25) is 5.91 Å². The molecule has 0 aliphatic heterocycles. The van der Waals surface area contributed by atoms with Crippen LogP contribution < -0.4 is 10.6 Å². The summed E-state index contributed by atoms with van der Waals surface area (Å²) in [6.45, 7) is 0. The average Bonchev–Trinajstić information content (AvgIpc) is 3.29. The lowest BCUT2D eigenvalue weighted by Gasteiger charge is -2.25. The molecule has 0 spiro atoms. The number of carbonyl (C=O) groups excluding carboxylic acids is 2. The van der Waals surface area contributed by atoms with E-state index in [1.165, 1.54) is 19.3 Å². The smallest absolute Gasteiger partial charge is 0.255 e. The largest absolute Gasteiger partial charge is 0.353 e. The molecule has 0 radical (unpaired) electrons. The maximum atomic E-state index is 12.8. The number of fused-ring (bicyclic) bond motifs is 1. The molecule has 1 fully saturated rings. The van der Waals surface area contributed by atoms with Crippen LogP contribution in [0.3, 0.4) is 0 Å². The molecular weight excluding hydrogens is 414 g/mol. The zero-order chi connectivity index (χ0) is 22.6. The maximum absolute atomic E-state index is 12.8. The highest BCUT2D eigenvalue weighted by molar-refractivity contribution is 5.95. The first-order valence-corrected chi connectivity index (χ1v) is 11.8. The Morgan fingerprint density at radius 3 is 2.61 bits per heavy atom. The predicted octanol–water partition coefficient (Wildman–Crippen LogP) is 3.93. The Kier molecular flexibility index (Phi) is 6.19. The summed E-state index contributed by atoms with van der Waals surface area (Å²) in [5.41, 5.74) is 4.50. The highest BCUT2D eigenvalue weighted by atomic mass is 16.2. The molecule has 2 aromatic rings. The first kappa shape index (κ1) is 21.4. The number of rotatable bonds is 5. The van der Waals surface area contributed by atoms with E-state index in [1.54, 1.807) is 24.5 Å². The van der Waals surface area contributed by atoms with Gasteiger partial charge in [-0.05, 0) is 55.5 Å². The van der Waals surface area contributed by atoms with Crippen LogP contribution >= 0.6 is 0 Å². The van der Waals surface area contributed by atoms with Crippen LogP contribution in [0.25, 0.3) is 11.6 Å². The fourth-order valence-corrected chi connectivity index (χ4v) is 4.75. The Hall–Kier alpha value is -3.48. The number of aromatic nitrogens is 3. The second-order valence-electron chi connectivity index (χ2n) is 9.03. The predicted molar refractivity (Wildman–Crippen MR) is 127 cm³/mol. The summed E-state index contributed by atoms with van der Waals surface area (Å²) in [6, 6.07) is 3.72. The number of H-pyrrole nitrogens is 1. The van der Waals surface area contributed by atoms with Gasteiger partial charge in [0.1, 0.15) is 5.82 Å². The number of nitrogens with zero attached hydrogens (tertiary/aromatic N) is 2. The van der Waals surface area contributed by atoms with Crippen LogP contribution in [0.4, 0.5) is 0 Å². The monoisotopic (exact) mass is 443 g/mol. The third-order valence-corrected chi connectivity index (χ3v) is 6.68. The number of aromatic amines is 1. The van der Waals surface area contributed by atoms with Gasteiger partial charge in [0.05, 0.1) is 17.3 Å². The summed E-state index contributed by atoms with van der Waals surface area (Å²) >= 11 is 0. The third kappa shape index (κ3) is 4.97. The number of nitrogens with one attached hydrogen (secondary N) is 3. The lowest BCUT2D eigenvalue weighted by Crippen LogP contribution is -2.40. The van der Waals surface area contributed by atoms with E-state index in [0.717, 1.165) is 54.2 Å². The van der Waals surface area contributed by atoms with Crippen LogP contribution in [0, 0.1) is 5.92 Å². The van der Waals surface area contributed by atoms with E-state index >= 15 is 0 Å². The van der Waals surface area contributed by atoms with Gasteiger partial charge in [0.15, 0.2) is 0 Å². The standard InChI is InChI=1S/C26H29N5O2/c32-25(18-12-14-27-15-13-18)29-21-9-6-17(7-10-21)24-30-22-11-8-19(16-23(22)31-24)26(33)28-20-4-2-1-3-5-20/h6,8-9,11-15,19-20H,1-5,7,10,16H2,(H,28,33)(H,29,32)(H,30,31). The molecule has 0 aromatic carbocycles. The topological polar surface area (TPSA) is 99.8 Å². The molecule has 2 aromatic heterocycles. The highest BCUT2D eigenvalue weighted by Gasteiger charge is 2.26. The molecule has 0 bridgehead atoms. The number of amides is 2. The van der Waals surface area contributed by atoms with Crippen molar-refractivity contribution >= 4 is 23.5 Å². The van der Waals surface area contributed by atoms with Gasteiger partial charge in [-0.15, -0.1) is 0 Å². The SMILES string of the molecule is O=C(NC1=CC=C(c2nc3c([nH]2)C=CC(C(=O)NC2CCCCC2)C3)CC1)c1ccncc1. The molecular formula is C26H29N5O2. The van der Waals surface area contributed by atoms with Crippen molar-refractivity contribution in [1.82, 2.24) is 25.6 Å². The molecule has 3 N–H and O–H groups in total. The Balaban J connectivity index is 1.21. The minimum absolute atomic E-state index is 0.114. The first-order chi connectivity index (χ1) is 16.2. The lowest BCUT2D eigenvalue weighted by atomic mass is 9.92. The van der Waals surface area contributed by atoms with Gasteiger partial charge in [0.25, 0.3) is 5.91 Å². The number of hydrogen-bond acceptors (Lipinski definition) is 4. The van der Waals surface area contributed by atoms with E-state index in [4.69, 9.17) is 4.98 Å². The fourth-order valence-electron chi connectivity index (χ4n) is 4.75. The molecule has 2 amide bonds. The molecule has 5 rings (SSSR count). The minimum Gasteiger partial charge on any atom is -0.353 e. The average molecular weight is 444 g/mol. The van der Waals surface area contributed by atoms with Gasteiger partial charge >= 0.3 is 0 Å². The lowest BCUT2D eigenvalue weighted by molar-refractivity contribution is -0.124. The molecule has 7 nitrogen and oxygen atoms in total. The van der Waals surface area contributed by atoms with E-state index < -0.39 is 0 Å². The quantitative estimate of drug-likeness (QED) is 0.652. The zero-order valence-corrected chi connectivity index (χ0v) is 18.6. The summed E-state index contributed by atoms with van der Waals surface area (Å²) in [5.74, 6) is 0.666. The zero-order valence-electron chi connectivity index (χ0n) is 18.6. The Morgan fingerprint density at radius 2 is 1.85 bits per heavy atom. The van der Waals surface area contributed by atoms with E-state index in [0.29, 0.717) is 18.0 Å². The van der Waals surface area contributed by atoms with Gasteiger partial charge in [0, 0.05) is 36.1 Å². The highest BCUT2D eigenvalue weighted by Crippen LogP contribution is 2.28. The van der Waals surface area contributed by atoms with Crippen molar-refractivity contribution in [2.75, 3.05) is 0 Å². The summed E-state index contributed by atoms with van der Waals surface area (Å²) < 4.78 is 0.